The van der Waals surface area contributed by atoms with Gasteiger partial charge in [-0.3, -0.25) is 4.90 Å². The summed E-state index contributed by atoms with van der Waals surface area (Å²) in [6.45, 7) is 1.40. The molecule has 17 heavy (non-hydrogen) atoms. The van der Waals surface area contributed by atoms with Gasteiger partial charge in [0.1, 0.15) is 0 Å². The van der Waals surface area contributed by atoms with Crippen LogP contribution in [0.1, 0.15) is 57.8 Å². The number of nitrogens with one attached hydrogen (secondary N) is 1. The molecule has 0 aromatic carbocycles. The van der Waals surface area contributed by atoms with Crippen LogP contribution in [0.4, 0.5) is 0 Å². The lowest BCUT2D eigenvalue weighted by Crippen LogP contribution is -2.47. The first-order valence-corrected chi connectivity index (χ1v) is 7.81. The molecule has 2 heteroatoms. The Morgan fingerprint density at radius 1 is 0.941 bits per heavy atom. The summed E-state index contributed by atoms with van der Waals surface area (Å²) in [5.41, 5.74) is 0. The van der Waals surface area contributed by atoms with Crippen LogP contribution >= 0.6 is 0 Å². The van der Waals surface area contributed by atoms with E-state index < -0.39 is 0 Å². The van der Waals surface area contributed by atoms with Gasteiger partial charge in [-0.1, -0.05) is 19.3 Å². The molecule has 1 N–H and O–H groups in total. The first-order chi connectivity index (χ1) is 8.38. The van der Waals surface area contributed by atoms with Crippen LogP contribution in [0.15, 0.2) is 0 Å². The SMILES string of the molecule is CNC1CCCC(N2CCC3CCCCC32)C1. The number of nitrogens with zero attached hydrogens (tertiary/aromatic N) is 1. The van der Waals surface area contributed by atoms with Gasteiger partial charge >= 0.3 is 0 Å². The number of fused-ring (bicyclic) bond motifs is 1. The molecule has 3 rings (SSSR count). The van der Waals surface area contributed by atoms with Crippen LogP contribution in [0.25, 0.3) is 0 Å². The summed E-state index contributed by atoms with van der Waals surface area (Å²) in [5.74, 6) is 1.05. The average Bonchev–Trinajstić information content (AvgIpc) is 2.82. The molecule has 0 spiro atoms. The van der Waals surface area contributed by atoms with Crippen LogP contribution in [0.5, 0.6) is 0 Å². The molecule has 2 nitrogen and oxygen atoms in total. The molecule has 98 valence electrons. The highest BCUT2D eigenvalue weighted by molar-refractivity contribution is 4.95. The molecule has 1 saturated heterocycles. The van der Waals surface area contributed by atoms with Gasteiger partial charge in [0.25, 0.3) is 0 Å². The molecule has 2 saturated carbocycles. The van der Waals surface area contributed by atoms with Crippen molar-refractivity contribution in [2.45, 2.75) is 75.9 Å². The lowest BCUT2D eigenvalue weighted by Gasteiger charge is -2.41. The van der Waals surface area contributed by atoms with Crippen molar-refractivity contribution in [1.82, 2.24) is 10.2 Å². The molecule has 1 aliphatic heterocycles. The maximum atomic E-state index is 3.50. The highest BCUT2D eigenvalue weighted by Crippen LogP contribution is 2.39. The van der Waals surface area contributed by atoms with E-state index in [9.17, 15) is 0 Å². The molecule has 1 heterocycles. The lowest BCUT2D eigenvalue weighted by molar-refractivity contribution is 0.0975. The Hall–Kier alpha value is -0.0800. The number of likely N-dealkylation sites (tertiary alicyclic amines) is 1. The van der Waals surface area contributed by atoms with E-state index in [0.29, 0.717) is 0 Å². The Morgan fingerprint density at radius 3 is 2.71 bits per heavy atom. The van der Waals surface area contributed by atoms with E-state index in [1.165, 1.54) is 64.3 Å². The summed E-state index contributed by atoms with van der Waals surface area (Å²) in [6.07, 6.45) is 13.2. The van der Waals surface area contributed by atoms with Crippen LogP contribution in [0, 0.1) is 5.92 Å². The maximum Gasteiger partial charge on any atom is 0.0127 e. The van der Waals surface area contributed by atoms with Gasteiger partial charge in [0, 0.05) is 18.1 Å². The minimum atomic E-state index is 0.788. The van der Waals surface area contributed by atoms with Crippen LogP contribution in [0.3, 0.4) is 0 Å². The molecule has 0 aromatic heterocycles. The zero-order valence-corrected chi connectivity index (χ0v) is 11.3. The van der Waals surface area contributed by atoms with Gasteiger partial charge in [0.15, 0.2) is 0 Å². The van der Waals surface area contributed by atoms with Crippen LogP contribution in [-0.2, 0) is 0 Å². The van der Waals surface area contributed by atoms with Gasteiger partial charge in [-0.15, -0.1) is 0 Å². The van der Waals surface area contributed by atoms with Gasteiger partial charge in [0.2, 0.25) is 0 Å². The van der Waals surface area contributed by atoms with E-state index in [0.717, 1.165) is 24.0 Å². The third kappa shape index (κ3) is 2.39. The van der Waals surface area contributed by atoms with Gasteiger partial charge in [0.05, 0.1) is 0 Å². The van der Waals surface area contributed by atoms with Crippen molar-refractivity contribution < 1.29 is 0 Å². The number of hydrogen-bond acceptors (Lipinski definition) is 2. The predicted molar refractivity (Wildman–Crippen MR) is 72.2 cm³/mol. The van der Waals surface area contributed by atoms with Crippen LogP contribution in [0.2, 0.25) is 0 Å². The van der Waals surface area contributed by atoms with Gasteiger partial charge in [-0.2, -0.15) is 0 Å². The Kier molecular flexibility index (Phi) is 3.72. The first-order valence-electron chi connectivity index (χ1n) is 7.81. The Bertz CT molecular complexity index is 253. The molecule has 4 unspecified atom stereocenters. The van der Waals surface area contributed by atoms with E-state index in [1.54, 1.807) is 0 Å². The zero-order chi connectivity index (χ0) is 11.7. The summed E-state index contributed by atoms with van der Waals surface area (Å²) >= 11 is 0. The number of hydrogen-bond donors (Lipinski definition) is 1. The largest absolute Gasteiger partial charge is 0.317 e. The molecule has 4 atom stereocenters. The van der Waals surface area contributed by atoms with E-state index >= 15 is 0 Å². The van der Waals surface area contributed by atoms with Crippen molar-refractivity contribution in [3.8, 4) is 0 Å². The topological polar surface area (TPSA) is 15.3 Å². The molecular weight excluding hydrogens is 208 g/mol. The lowest BCUT2D eigenvalue weighted by atomic mass is 9.83. The first kappa shape index (κ1) is 12.0. The smallest absolute Gasteiger partial charge is 0.0127 e. The Labute approximate surface area is 106 Å². The van der Waals surface area contributed by atoms with E-state index in [-0.39, 0.29) is 0 Å². The fraction of sp³-hybridized carbons (Fsp3) is 1.00. The monoisotopic (exact) mass is 236 g/mol. The third-order valence-electron chi connectivity index (χ3n) is 5.58. The van der Waals surface area contributed by atoms with E-state index in [2.05, 4.69) is 17.3 Å². The highest BCUT2D eigenvalue weighted by atomic mass is 15.2. The fourth-order valence-corrected chi connectivity index (χ4v) is 4.62. The molecule has 2 aliphatic carbocycles. The molecule has 3 aliphatic rings. The molecule has 0 bridgehead atoms. The zero-order valence-electron chi connectivity index (χ0n) is 11.3. The minimum Gasteiger partial charge on any atom is -0.317 e. The average molecular weight is 236 g/mol. The fourth-order valence-electron chi connectivity index (χ4n) is 4.62. The van der Waals surface area contributed by atoms with Crippen molar-refractivity contribution in [1.29, 1.82) is 0 Å². The van der Waals surface area contributed by atoms with Crippen LogP contribution in [-0.4, -0.2) is 36.6 Å². The minimum absolute atomic E-state index is 0.788. The summed E-state index contributed by atoms with van der Waals surface area (Å²) in [7, 11) is 2.14. The van der Waals surface area contributed by atoms with Gasteiger partial charge < -0.3 is 5.32 Å². The molecular formula is C15H28N2. The highest BCUT2D eigenvalue weighted by Gasteiger charge is 2.39. The predicted octanol–water partition coefficient (Wildman–Crippen LogP) is 2.78. The standard InChI is InChI=1S/C15H28N2/c1-16-13-6-4-7-14(11-13)17-10-9-12-5-2-3-8-15(12)17/h12-16H,2-11H2,1H3. The molecule has 3 fully saturated rings. The van der Waals surface area contributed by atoms with Crippen molar-refractivity contribution in [3.05, 3.63) is 0 Å². The van der Waals surface area contributed by atoms with Crippen molar-refractivity contribution >= 4 is 0 Å². The quantitative estimate of drug-likeness (QED) is 0.793. The number of rotatable bonds is 2. The van der Waals surface area contributed by atoms with Gasteiger partial charge in [-0.25, -0.2) is 0 Å². The second-order valence-corrected chi connectivity index (χ2v) is 6.44. The second kappa shape index (κ2) is 5.27. The van der Waals surface area contributed by atoms with Crippen LogP contribution < -0.4 is 5.32 Å². The third-order valence-corrected chi connectivity index (χ3v) is 5.58. The van der Waals surface area contributed by atoms with Gasteiger partial charge in [-0.05, 0) is 58.0 Å². The maximum absolute atomic E-state index is 3.50. The summed E-state index contributed by atoms with van der Waals surface area (Å²) < 4.78 is 0. The summed E-state index contributed by atoms with van der Waals surface area (Å²) in [4.78, 5) is 2.91. The normalized spacial score (nSPS) is 43.6. The van der Waals surface area contributed by atoms with E-state index in [1.807, 2.05) is 0 Å². The van der Waals surface area contributed by atoms with Crippen molar-refractivity contribution in [3.63, 3.8) is 0 Å². The Balaban J connectivity index is 1.63. The molecule has 0 aromatic rings. The summed E-state index contributed by atoms with van der Waals surface area (Å²) in [5, 5.41) is 3.50. The molecule has 0 amide bonds. The second-order valence-electron chi connectivity index (χ2n) is 6.44. The molecule has 0 radical (unpaired) electrons. The van der Waals surface area contributed by atoms with Crippen molar-refractivity contribution in [2.75, 3.05) is 13.6 Å². The van der Waals surface area contributed by atoms with Crippen molar-refractivity contribution in [2.24, 2.45) is 5.92 Å². The van der Waals surface area contributed by atoms with E-state index in [4.69, 9.17) is 0 Å². The Morgan fingerprint density at radius 2 is 1.82 bits per heavy atom. The summed E-state index contributed by atoms with van der Waals surface area (Å²) in [6, 6.07) is 2.65.